The number of hydrogen-bond acceptors (Lipinski definition) is 5. The molecule has 5 rings (SSSR count). The molecule has 0 amide bonds. The second kappa shape index (κ2) is 7.03. The number of aliphatic hydroxyl groups is 2. The van der Waals surface area contributed by atoms with Gasteiger partial charge in [0.1, 0.15) is 17.0 Å². The van der Waals surface area contributed by atoms with Crippen LogP contribution in [0.2, 0.25) is 5.15 Å². The molecule has 0 saturated heterocycles. The fourth-order valence-electron chi connectivity index (χ4n) is 5.15. The first-order chi connectivity index (χ1) is 14.8. The smallest absolute Gasteiger partial charge is 0.310 e. The molecule has 1 aromatic heterocycles. The molecule has 1 saturated carbocycles. The Balaban J connectivity index is 1.87. The SMILES string of the molecule is O=C(O)[C@H]1[C@@H](O)[C@@]2(O)c3cnc(Cl)cc3O[C@@]2(c2ccc(Br)cc2)[C@@H]1c1ccccc1. The molecular formula is C23H17BrClNO5. The second-order valence-corrected chi connectivity index (χ2v) is 9.11. The molecule has 0 unspecified atom stereocenters. The van der Waals surface area contributed by atoms with E-state index in [0.717, 1.165) is 4.47 Å². The number of hydrogen-bond donors (Lipinski definition) is 3. The minimum Gasteiger partial charge on any atom is -0.481 e. The first-order valence-electron chi connectivity index (χ1n) is 9.60. The lowest BCUT2D eigenvalue weighted by molar-refractivity contribution is -0.159. The van der Waals surface area contributed by atoms with Gasteiger partial charge in [-0.05, 0) is 23.3 Å². The van der Waals surface area contributed by atoms with E-state index >= 15 is 0 Å². The monoisotopic (exact) mass is 501 g/mol. The van der Waals surface area contributed by atoms with Crippen LogP contribution in [0.25, 0.3) is 0 Å². The molecular weight excluding hydrogens is 486 g/mol. The molecule has 31 heavy (non-hydrogen) atoms. The van der Waals surface area contributed by atoms with Gasteiger partial charge in [-0.25, -0.2) is 4.98 Å². The summed E-state index contributed by atoms with van der Waals surface area (Å²) in [7, 11) is 0. The van der Waals surface area contributed by atoms with Gasteiger partial charge < -0.3 is 20.1 Å². The maximum absolute atomic E-state index is 12.4. The number of benzene rings is 2. The lowest BCUT2D eigenvalue weighted by Crippen LogP contribution is -2.52. The van der Waals surface area contributed by atoms with E-state index in [1.807, 2.05) is 6.07 Å². The summed E-state index contributed by atoms with van der Waals surface area (Å²) in [5.74, 6) is -3.21. The Kier molecular flexibility index (Phi) is 4.64. The van der Waals surface area contributed by atoms with Crippen molar-refractivity contribution in [3.8, 4) is 5.75 Å². The minimum atomic E-state index is -2.07. The van der Waals surface area contributed by atoms with E-state index in [-0.39, 0.29) is 16.5 Å². The highest BCUT2D eigenvalue weighted by Crippen LogP contribution is 2.68. The molecule has 3 N–H and O–H groups in total. The lowest BCUT2D eigenvalue weighted by atomic mass is 9.71. The van der Waals surface area contributed by atoms with Crippen LogP contribution in [0.5, 0.6) is 5.75 Å². The summed E-state index contributed by atoms with van der Waals surface area (Å²) >= 11 is 9.48. The molecule has 3 aromatic rings. The summed E-state index contributed by atoms with van der Waals surface area (Å²) < 4.78 is 7.24. The Bertz CT molecular complexity index is 1170. The predicted molar refractivity (Wildman–Crippen MR) is 116 cm³/mol. The van der Waals surface area contributed by atoms with E-state index in [9.17, 15) is 20.1 Å². The number of carbonyl (C=O) groups is 1. The van der Waals surface area contributed by atoms with Crippen LogP contribution in [0.15, 0.2) is 71.3 Å². The number of rotatable bonds is 3. The maximum atomic E-state index is 12.4. The minimum absolute atomic E-state index is 0.161. The number of pyridine rings is 1. The Hall–Kier alpha value is -2.45. The Morgan fingerprint density at radius 3 is 2.45 bits per heavy atom. The van der Waals surface area contributed by atoms with E-state index in [1.165, 1.54) is 12.3 Å². The number of fused-ring (bicyclic) bond motifs is 3. The van der Waals surface area contributed by atoms with E-state index in [0.29, 0.717) is 11.1 Å². The predicted octanol–water partition coefficient (Wildman–Crippen LogP) is 3.83. The van der Waals surface area contributed by atoms with Crippen LogP contribution >= 0.6 is 27.5 Å². The van der Waals surface area contributed by atoms with Gasteiger partial charge in [0.25, 0.3) is 0 Å². The molecule has 0 bridgehead atoms. The number of halogens is 2. The standard InChI is InChI=1S/C23H17BrClNO5/c24-14-8-6-13(7-9-14)23-19(12-4-2-1-3-5-12)18(21(28)29)20(27)22(23,30)15-11-26-17(25)10-16(15)31-23/h1-11,18-20,27,30H,(H,28,29)/t18-,19-,20-,22+,23+/m1/s1. The molecule has 1 fully saturated rings. The molecule has 2 aromatic carbocycles. The molecule has 1 aliphatic carbocycles. The van der Waals surface area contributed by atoms with Gasteiger partial charge in [-0.1, -0.05) is 70.0 Å². The van der Waals surface area contributed by atoms with Gasteiger partial charge >= 0.3 is 5.97 Å². The summed E-state index contributed by atoms with van der Waals surface area (Å²) in [6, 6.07) is 17.5. The third kappa shape index (κ3) is 2.64. The van der Waals surface area contributed by atoms with Crippen molar-refractivity contribution in [3.05, 3.63) is 93.2 Å². The molecule has 0 spiro atoms. The Labute approximate surface area is 191 Å². The maximum Gasteiger partial charge on any atom is 0.310 e. The van der Waals surface area contributed by atoms with Crippen molar-refractivity contribution in [3.63, 3.8) is 0 Å². The van der Waals surface area contributed by atoms with Crippen molar-refractivity contribution >= 4 is 33.5 Å². The van der Waals surface area contributed by atoms with Gasteiger partial charge in [0, 0.05) is 22.7 Å². The summed E-state index contributed by atoms with van der Waals surface area (Å²) in [6.45, 7) is 0. The normalized spacial score (nSPS) is 31.0. The summed E-state index contributed by atoms with van der Waals surface area (Å²) in [5, 5.41) is 33.7. The fraction of sp³-hybridized carbons (Fsp3) is 0.217. The summed E-state index contributed by atoms with van der Waals surface area (Å²) in [5.41, 5.74) is -2.33. The second-order valence-electron chi connectivity index (χ2n) is 7.81. The third-order valence-electron chi connectivity index (χ3n) is 6.36. The highest BCUT2D eigenvalue weighted by atomic mass is 79.9. The van der Waals surface area contributed by atoms with Gasteiger partial charge in [0.2, 0.25) is 0 Å². The van der Waals surface area contributed by atoms with Crippen molar-refractivity contribution < 1.29 is 24.9 Å². The van der Waals surface area contributed by atoms with Gasteiger partial charge in [-0.3, -0.25) is 4.79 Å². The quantitative estimate of drug-likeness (QED) is 0.471. The third-order valence-corrected chi connectivity index (χ3v) is 7.10. The van der Waals surface area contributed by atoms with E-state index in [1.54, 1.807) is 48.5 Å². The van der Waals surface area contributed by atoms with Gasteiger partial charge in [0.05, 0.1) is 11.5 Å². The number of carboxylic acid groups (broad SMARTS) is 1. The first-order valence-corrected chi connectivity index (χ1v) is 10.8. The van der Waals surface area contributed by atoms with Gasteiger partial charge in [0.15, 0.2) is 11.2 Å². The number of aliphatic hydroxyl groups excluding tert-OH is 1. The molecule has 2 aliphatic rings. The van der Waals surface area contributed by atoms with E-state index in [4.69, 9.17) is 16.3 Å². The van der Waals surface area contributed by atoms with Gasteiger partial charge in [-0.15, -0.1) is 0 Å². The molecule has 5 atom stereocenters. The van der Waals surface area contributed by atoms with E-state index < -0.39 is 35.1 Å². The molecule has 0 radical (unpaired) electrons. The first kappa shape index (κ1) is 20.5. The van der Waals surface area contributed by atoms with Crippen LogP contribution in [0, 0.1) is 5.92 Å². The van der Waals surface area contributed by atoms with Crippen LogP contribution in [0.3, 0.4) is 0 Å². The largest absolute Gasteiger partial charge is 0.481 e. The molecule has 1 aliphatic heterocycles. The van der Waals surface area contributed by atoms with Gasteiger partial charge in [-0.2, -0.15) is 0 Å². The zero-order valence-electron chi connectivity index (χ0n) is 15.9. The number of aromatic nitrogens is 1. The van der Waals surface area contributed by atoms with Crippen molar-refractivity contribution in [1.29, 1.82) is 0 Å². The summed E-state index contributed by atoms with van der Waals surface area (Å²) in [6.07, 6.45) is -0.323. The van der Waals surface area contributed by atoms with Crippen LogP contribution < -0.4 is 4.74 Å². The number of ether oxygens (including phenoxy) is 1. The Morgan fingerprint density at radius 1 is 1.13 bits per heavy atom. The van der Waals surface area contributed by atoms with E-state index in [2.05, 4.69) is 20.9 Å². The van der Waals surface area contributed by atoms with Crippen molar-refractivity contribution in [2.24, 2.45) is 5.92 Å². The lowest BCUT2D eigenvalue weighted by Gasteiger charge is -2.40. The molecule has 2 heterocycles. The topological polar surface area (TPSA) is 99.9 Å². The molecule has 8 heteroatoms. The number of nitrogens with zero attached hydrogens (tertiary/aromatic N) is 1. The fourth-order valence-corrected chi connectivity index (χ4v) is 5.56. The van der Waals surface area contributed by atoms with Crippen LogP contribution in [0.4, 0.5) is 0 Å². The van der Waals surface area contributed by atoms with Crippen molar-refractivity contribution in [2.45, 2.75) is 23.2 Å². The van der Waals surface area contributed by atoms with Crippen molar-refractivity contribution in [2.75, 3.05) is 0 Å². The van der Waals surface area contributed by atoms with Crippen molar-refractivity contribution in [1.82, 2.24) is 4.98 Å². The zero-order chi connectivity index (χ0) is 22.0. The van der Waals surface area contributed by atoms with Crippen LogP contribution in [-0.2, 0) is 16.0 Å². The highest BCUT2D eigenvalue weighted by Gasteiger charge is 2.77. The molecule has 158 valence electrons. The zero-order valence-corrected chi connectivity index (χ0v) is 18.3. The van der Waals surface area contributed by atoms with Crippen LogP contribution in [-0.4, -0.2) is 32.4 Å². The molecule has 6 nitrogen and oxygen atoms in total. The van der Waals surface area contributed by atoms with Crippen LogP contribution in [0.1, 0.15) is 22.6 Å². The summed E-state index contributed by atoms with van der Waals surface area (Å²) in [4.78, 5) is 16.4. The number of aliphatic carboxylic acids is 1. The average Bonchev–Trinajstić information content (AvgIpc) is 3.12. The number of carboxylic acids is 1. The highest BCUT2D eigenvalue weighted by molar-refractivity contribution is 9.10. The average molecular weight is 503 g/mol. The Morgan fingerprint density at radius 2 is 1.81 bits per heavy atom.